The van der Waals surface area contributed by atoms with Gasteiger partial charge >= 0.3 is 94.1 Å². The van der Waals surface area contributed by atoms with Crippen LogP contribution in [0.2, 0.25) is 0 Å². The Morgan fingerprint density at radius 3 is 2.60 bits per heavy atom. The second kappa shape index (κ2) is 4.78. The fourth-order valence-corrected chi connectivity index (χ4v) is 1.80. The number of hydrogen-bond acceptors (Lipinski definition) is 0. The SMILES string of the molecule is C=C(CC)Cc1cccbc1C(C)(C)C. The number of allylic oxidation sites excluding steroid dienone is 1. The average Bonchev–Trinajstić information content (AvgIpc) is 2.17. The van der Waals surface area contributed by atoms with E-state index in [0.29, 0.717) is 0 Å². The standard InChI is InChI=1S/C14H21B/c1-6-11(2)10-12-8-7-9-15-13(12)14(3,4)5/h7-9H,2,6,10H2,1,3-5H3. The van der Waals surface area contributed by atoms with Crippen LogP contribution in [0.1, 0.15) is 45.1 Å². The number of rotatable bonds is 3. The van der Waals surface area contributed by atoms with E-state index in [4.69, 9.17) is 0 Å². The minimum atomic E-state index is 0.227. The Kier molecular flexibility index (Phi) is 3.90. The second-order valence-corrected chi connectivity index (χ2v) is 5.19. The molecule has 80 valence electrons. The summed E-state index contributed by atoms with van der Waals surface area (Å²) in [4.78, 5) is 0. The summed E-state index contributed by atoms with van der Waals surface area (Å²) in [5.41, 5.74) is 4.41. The third kappa shape index (κ3) is 3.33. The van der Waals surface area contributed by atoms with Gasteiger partial charge in [-0.3, -0.25) is 0 Å². The van der Waals surface area contributed by atoms with Gasteiger partial charge < -0.3 is 0 Å². The molecule has 0 atom stereocenters. The normalized spacial score (nSPS) is 11.2. The Hall–Kier alpha value is -0.845. The molecule has 1 aromatic rings. The van der Waals surface area contributed by atoms with Crippen LogP contribution in [0.25, 0.3) is 0 Å². The predicted molar refractivity (Wildman–Crippen MR) is 69.6 cm³/mol. The van der Waals surface area contributed by atoms with Crippen LogP contribution in [0, 0.1) is 0 Å². The molecule has 0 aliphatic carbocycles. The fraction of sp³-hybridized carbons (Fsp3) is 0.500. The zero-order chi connectivity index (χ0) is 11.5. The van der Waals surface area contributed by atoms with Crippen molar-refractivity contribution in [2.24, 2.45) is 0 Å². The van der Waals surface area contributed by atoms with E-state index < -0.39 is 0 Å². The Bertz CT molecular complexity index is 345. The van der Waals surface area contributed by atoms with Gasteiger partial charge in [0.25, 0.3) is 0 Å². The Balaban J connectivity index is 3.02. The zero-order valence-corrected chi connectivity index (χ0v) is 10.4. The molecule has 0 bridgehead atoms. The van der Waals surface area contributed by atoms with Gasteiger partial charge in [0.15, 0.2) is 0 Å². The van der Waals surface area contributed by atoms with E-state index in [-0.39, 0.29) is 5.41 Å². The predicted octanol–water partition coefficient (Wildman–Crippen LogP) is 3.83. The van der Waals surface area contributed by atoms with Crippen molar-refractivity contribution in [3.05, 3.63) is 41.3 Å². The molecule has 1 heterocycles. The first-order chi connectivity index (χ1) is 6.95. The van der Waals surface area contributed by atoms with E-state index in [0.717, 1.165) is 12.8 Å². The van der Waals surface area contributed by atoms with Crippen LogP contribution in [0.15, 0.2) is 30.2 Å². The first-order valence-electron chi connectivity index (χ1n) is 5.70. The minimum absolute atomic E-state index is 0.227. The molecule has 15 heavy (non-hydrogen) atoms. The Morgan fingerprint density at radius 2 is 2.07 bits per heavy atom. The molecule has 0 aliphatic rings. The van der Waals surface area contributed by atoms with Gasteiger partial charge in [0, 0.05) is 0 Å². The molecule has 0 N–H and O–H groups in total. The molecule has 0 spiro atoms. The van der Waals surface area contributed by atoms with Crippen molar-refractivity contribution < 1.29 is 0 Å². The third-order valence-electron chi connectivity index (χ3n) is 2.77. The van der Waals surface area contributed by atoms with Crippen molar-refractivity contribution >= 4 is 6.91 Å². The molecule has 0 saturated carbocycles. The Morgan fingerprint density at radius 1 is 1.40 bits per heavy atom. The molecule has 0 unspecified atom stereocenters. The van der Waals surface area contributed by atoms with E-state index in [1.807, 2.05) is 0 Å². The first-order valence-corrected chi connectivity index (χ1v) is 5.70. The van der Waals surface area contributed by atoms with Crippen molar-refractivity contribution in [1.82, 2.24) is 0 Å². The van der Waals surface area contributed by atoms with Gasteiger partial charge in [0.2, 0.25) is 0 Å². The summed E-state index contributed by atoms with van der Waals surface area (Å²) < 4.78 is 0. The molecular formula is C14H21B. The summed E-state index contributed by atoms with van der Waals surface area (Å²) in [6.07, 6.45) is 2.09. The van der Waals surface area contributed by atoms with Crippen LogP contribution in [0.4, 0.5) is 0 Å². The Labute approximate surface area is 94.6 Å². The topological polar surface area (TPSA) is 0 Å². The van der Waals surface area contributed by atoms with Gasteiger partial charge in [-0.1, -0.05) is 0 Å². The molecule has 0 aromatic carbocycles. The molecule has 0 amide bonds. The quantitative estimate of drug-likeness (QED) is 0.650. The monoisotopic (exact) mass is 200 g/mol. The molecular weight excluding hydrogens is 179 g/mol. The van der Waals surface area contributed by atoms with Crippen LogP contribution in [0.5, 0.6) is 0 Å². The molecule has 0 saturated heterocycles. The molecule has 0 aliphatic heterocycles. The van der Waals surface area contributed by atoms with Gasteiger partial charge in [-0.25, -0.2) is 0 Å². The maximum atomic E-state index is 4.09. The van der Waals surface area contributed by atoms with Gasteiger partial charge in [0.05, 0.1) is 0 Å². The molecule has 1 aromatic heterocycles. The molecule has 0 nitrogen and oxygen atoms in total. The summed E-state index contributed by atoms with van der Waals surface area (Å²) in [6, 6.07) is 4.34. The van der Waals surface area contributed by atoms with E-state index in [1.54, 1.807) is 0 Å². The molecule has 1 rings (SSSR count). The van der Waals surface area contributed by atoms with Crippen LogP contribution in [-0.4, -0.2) is 6.91 Å². The fourth-order valence-electron chi connectivity index (χ4n) is 1.80. The molecule has 0 fully saturated rings. The number of hydrogen-bond donors (Lipinski definition) is 0. The van der Waals surface area contributed by atoms with Crippen LogP contribution in [-0.2, 0) is 11.8 Å². The van der Waals surface area contributed by atoms with Crippen molar-refractivity contribution in [3.8, 4) is 0 Å². The summed E-state index contributed by atoms with van der Waals surface area (Å²) in [7, 11) is 0. The van der Waals surface area contributed by atoms with Crippen molar-refractivity contribution in [1.29, 1.82) is 0 Å². The summed E-state index contributed by atoms with van der Waals surface area (Å²) in [5, 5.41) is 0. The van der Waals surface area contributed by atoms with E-state index in [9.17, 15) is 0 Å². The van der Waals surface area contributed by atoms with Crippen LogP contribution in [0.3, 0.4) is 0 Å². The van der Waals surface area contributed by atoms with E-state index >= 15 is 0 Å². The van der Waals surface area contributed by atoms with Gasteiger partial charge in [-0.05, 0) is 0 Å². The van der Waals surface area contributed by atoms with Crippen molar-refractivity contribution in [2.75, 3.05) is 0 Å². The first kappa shape index (κ1) is 12.2. The average molecular weight is 200 g/mol. The second-order valence-electron chi connectivity index (χ2n) is 5.19. The summed E-state index contributed by atoms with van der Waals surface area (Å²) in [6.45, 7) is 15.3. The summed E-state index contributed by atoms with van der Waals surface area (Å²) >= 11 is 0. The molecule has 1 heteroatoms. The summed E-state index contributed by atoms with van der Waals surface area (Å²) in [5.74, 6) is 2.12. The van der Waals surface area contributed by atoms with Gasteiger partial charge in [0.1, 0.15) is 0 Å². The van der Waals surface area contributed by atoms with E-state index in [2.05, 4.69) is 59.3 Å². The maximum absolute atomic E-state index is 4.09. The van der Waals surface area contributed by atoms with Crippen LogP contribution < -0.4 is 0 Å². The van der Waals surface area contributed by atoms with E-state index in [1.165, 1.54) is 16.6 Å². The van der Waals surface area contributed by atoms with Gasteiger partial charge in [-0.2, -0.15) is 0 Å². The van der Waals surface area contributed by atoms with Crippen LogP contribution >= 0.6 is 0 Å². The van der Waals surface area contributed by atoms with Crippen molar-refractivity contribution in [3.63, 3.8) is 0 Å². The molecule has 0 radical (unpaired) electrons. The third-order valence-corrected chi connectivity index (χ3v) is 2.77. The van der Waals surface area contributed by atoms with Gasteiger partial charge in [-0.15, -0.1) is 0 Å². The van der Waals surface area contributed by atoms with Crippen molar-refractivity contribution in [2.45, 2.75) is 46.0 Å². The zero-order valence-electron chi connectivity index (χ0n) is 10.4.